The summed E-state index contributed by atoms with van der Waals surface area (Å²) in [5, 5.41) is 44.6. The number of nitrogen functional groups attached to an aromatic ring is 1. The maximum Gasteiger partial charge on any atom is 0.481 e. The van der Waals surface area contributed by atoms with Crippen LogP contribution in [0.15, 0.2) is 12.7 Å². The van der Waals surface area contributed by atoms with E-state index in [1.54, 1.807) is 0 Å². The molecule has 3 heterocycles. The number of phosphoric ester groups is 3. The number of thioether (sulfide) groups is 1. The standard InChI is InChI=1S/C28H46N7O20P3S/c1-14(8-18(38)39)15(36)9-19(40)59-7-6-30-17(37)4-5-31-26(43)23(42)28(2,3)11-52-58(49,50)55-57(47,48)51-10-16-22(54-56(44,45)46)21(41)27(53-16)35-13-34-20-24(29)32-12-33-25(20)35/h12-16,21-23,27,36,41-42H,4-11H2,1-3H3,(H,30,37)(H,31,43)(H,38,39)(H,47,48)(H,49,50)(H2,29,32,33)(H2,44,45,46)/t14?,15?,16-,21-,22+,23+,27+/m1/s1. The van der Waals surface area contributed by atoms with Gasteiger partial charge in [-0.2, -0.15) is 4.31 Å². The topological polar surface area (TPSA) is 421 Å². The summed E-state index contributed by atoms with van der Waals surface area (Å²) in [6.07, 6.45) is -8.87. The summed E-state index contributed by atoms with van der Waals surface area (Å²) < 4.78 is 62.0. The van der Waals surface area contributed by atoms with E-state index in [0.29, 0.717) is 0 Å². The molecule has 2 amide bonds. The van der Waals surface area contributed by atoms with E-state index in [4.69, 9.17) is 24.6 Å². The third-order valence-corrected chi connectivity index (χ3v) is 12.3. The highest BCUT2D eigenvalue weighted by molar-refractivity contribution is 8.13. The Balaban J connectivity index is 1.45. The van der Waals surface area contributed by atoms with Gasteiger partial charge in [0, 0.05) is 37.1 Å². The minimum atomic E-state index is -5.60. The summed E-state index contributed by atoms with van der Waals surface area (Å²) in [7, 11) is -16.5. The SMILES string of the molecule is CC(CC(=O)O)C(O)CC(=O)SCCNC(=O)CCNC(=O)[C@H](O)C(C)(C)COP(=O)(O)OP(=O)(O)OC[C@H]1O[C@H](n2cnc3c(N)ncnc32)[C@H](O)[C@H]1OP(=O)(O)O. The number of anilines is 1. The molecule has 0 aromatic carbocycles. The van der Waals surface area contributed by atoms with Crippen LogP contribution in [-0.2, 0) is 55.5 Å². The number of amides is 2. The molecule has 0 bridgehead atoms. The van der Waals surface area contributed by atoms with Crippen molar-refractivity contribution in [2.75, 3.05) is 37.8 Å². The van der Waals surface area contributed by atoms with Gasteiger partial charge >= 0.3 is 29.4 Å². The van der Waals surface area contributed by atoms with Crippen LogP contribution in [0.25, 0.3) is 11.2 Å². The highest BCUT2D eigenvalue weighted by atomic mass is 32.2. The second-order valence-corrected chi connectivity index (χ2v) is 19.0. The highest BCUT2D eigenvalue weighted by Crippen LogP contribution is 2.61. The van der Waals surface area contributed by atoms with Crippen LogP contribution in [0.1, 0.15) is 46.3 Å². The van der Waals surface area contributed by atoms with Crippen LogP contribution in [-0.4, -0.2) is 145 Å². The Hall–Kier alpha value is -3.01. The van der Waals surface area contributed by atoms with Crippen molar-refractivity contribution in [3.05, 3.63) is 12.7 Å². The number of rotatable bonds is 24. The van der Waals surface area contributed by atoms with E-state index in [1.165, 1.54) is 20.8 Å². The van der Waals surface area contributed by atoms with E-state index in [2.05, 4.69) is 34.4 Å². The first-order valence-electron chi connectivity index (χ1n) is 17.2. The summed E-state index contributed by atoms with van der Waals surface area (Å²) in [5.41, 5.74) is 4.18. The molecule has 59 heavy (non-hydrogen) atoms. The van der Waals surface area contributed by atoms with Crippen molar-refractivity contribution in [2.45, 2.75) is 76.8 Å². The molecule has 0 saturated carbocycles. The molecule has 1 aliphatic heterocycles. The number of carbonyl (C=O) groups is 4. The zero-order valence-electron chi connectivity index (χ0n) is 31.4. The minimum absolute atomic E-state index is 0.0158. The Kier molecular flexibility index (Phi) is 18.1. The largest absolute Gasteiger partial charge is 0.481 e. The fraction of sp³-hybridized carbons (Fsp3) is 0.679. The van der Waals surface area contributed by atoms with Crippen molar-refractivity contribution < 1.29 is 95.5 Å². The second kappa shape index (κ2) is 21.2. The van der Waals surface area contributed by atoms with Gasteiger partial charge in [-0.15, -0.1) is 0 Å². The predicted molar refractivity (Wildman–Crippen MR) is 199 cm³/mol. The number of nitrogens with one attached hydrogen (secondary N) is 2. The monoisotopic (exact) mass is 925 g/mol. The normalized spacial score (nSPS) is 22.2. The van der Waals surface area contributed by atoms with Gasteiger partial charge in [-0.25, -0.2) is 28.6 Å². The van der Waals surface area contributed by atoms with Crippen molar-refractivity contribution in [1.82, 2.24) is 30.2 Å². The lowest BCUT2D eigenvalue weighted by Gasteiger charge is -2.30. The molecule has 4 unspecified atom stereocenters. The van der Waals surface area contributed by atoms with Crippen LogP contribution in [0.4, 0.5) is 5.82 Å². The Morgan fingerprint density at radius 3 is 2.32 bits per heavy atom. The van der Waals surface area contributed by atoms with E-state index < -0.39 is 108 Å². The fourth-order valence-electron chi connectivity index (χ4n) is 5.14. The van der Waals surface area contributed by atoms with Crippen molar-refractivity contribution in [2.24, 2.45) is 11.3 Å². The highest BCUT2D eigenvalue weighted by Gasteiger charge is 2.50. The lowest BCUT2D eigenvalue weighted by Crippen LogP contribution is -2.46. The van der Waals surface area contributed by atoms with Gasteiger partial charge in [-0.3, -0.25) is 37.3 Å². The number of carbonyl (C=O) groups excluding carboxylic acids is 3. The fourth-order valence-corrected chi connectivity index (χ4v) is 8.69. The molecule has 3 rings (SSSR count). The number of aliphatic hydroxyl groups excluding tert-OH is 3. The summed E-state index contributed by atoms with van der Waals surface area (Å²) in [4.78, 5) is 98.3. The molecule has 0 radical (unpaired) electrons. The molecule has 12 N–H and O–H groups in total. The number of imidazole rings is 1. The Morgan fingerprint density at radius 2 is 1.68 bits per heavy atom. The Bertz CT molecular complexity index is 1950. The molecule has 1 fully saturated rings. The van der Waals surface area contributed by atoms with Crippen molar-refractivity contribution in [3.63, 3.8) is 0 Å². The van der Waals surface area contributed by atoms with Crippen LogP contribution in [0, 0.1) is 11.3 Å². The number of carboxylic acid groups (broad SMARTS) is 1. The molecule has 0 spiro atoms. The summed E-state index contributed by atoms with van der Waals surface area (Å²) >= 11 is 0.827. The minimum Gasteiger partial charge on any atom is -0.481 e. The summed E-state index contributed by atoms with van der Waals surface area (Å²) in [5.74, 6) is -3.22. The van der Waals surface area contributed by atoms with E-state index in [0.717, 1.165) is 29.0 Å². The molecule has 0 aliphatic carbocycles. The van der Waals surface area contributed by atoms with Gasteiger partial charge in [0.25, 0.3) is 0 Å². The quantitative estimate of drug-likeness (QED) is 0.0423. The Labute approximate surface area is 338 Å². The number of carboxylic acids is 1. The van der Waals surface area contributed by atoms with Crippen LogP contribution < -0.4 is 16.4 Å². The molecular weight excluding hydrogens is 879 g/mol. The molecule has 2 aromatic rings. The van der Waals surface area contributed by atoms with E-state index in [1.807, 2.05) is 0 Å². The van der Waals surface area contributed by atoms with Gasteiger partial charge in [-0.1, -0.05) is 32.5 Å². The number of hydrogen-bond donors (Lipinski definition) is 11. The van der Waals surface area contributed by atoms with Gasteiger partial charge in [0.15, 0.2) is 22.8 Å². The van der Waals surface area contributed by atoms with E-state index >= 15 is 0 Å². The van der Waals surface area contributed by atoms with Crippen molar-refractivity contribution >= 4 is 75.1 Å². The average Bonchev–Trinajstić information content (AvgIpc) is 3.67. The number of nitrogens with zero attached hydrogens (tertiary/aromatic N) is 4. The van der Waals surface area contributed by atoms with Crippen LogP contribution in [0.3, 0.4) is 0 Å². The number of fused-ring (bicyclic) bond motifs is 1. The molecular formula is C28H46N7O20P3S. The average molecular weight is 926 g/mol. The van der Waals surface area contributed by atoms with Gasteiger partial charge in [0.05, 0.1) is 32.1 Å². The maximum atomic E-state index is 12.7. The Morgan fingerprint density at radius 1 is 1.02 bits per heavy atom. The lowest BCUT2D eigenvalue weighted by molar-refractivity contribution is -0.139. The zero-order valence-corrected chi connectivity index (χ0v) is 34.9. The molecule has 334 valence electrons. The molecule has 1 saturated heterocycles. The summed E-state index contributed by atoms with van der Waals surface area (Å²) in [6.45, 7) is 1.63. The van der Waals surface area contributed by atoms with E-state index in [-0.39, 0.29) is 55.1 Å². The van der Waals surface area contributed by atoms with E-state index in [9.17, 15) is 67.8 Å². The molecule has 1 aliphatic rings. The predicted octanol–water partition coefficient (Wildman–Crippen LogP) is -1.47. The number of hydrogen-bond acceptors (Lipinski definition) is 20. The first-order valence-corrected chi connectivity index (χ1v) is 22.7. The molecule has 9 atom stereocenters. The number of aliphatic carboxylic acids is 1. The third-order valence-electron chi connectivity index (χ3n) is 8.29. The van der Waals surface area contributed by atoms with Gasteiger partial charge < -0.3 is 61.1 Å². The number of aromatic nitrogens is 4. The second-order valence-electron chi connectivity index (χ2n) is 13.6. The molecule has 27 nitrogen and oxygen atoms in total. The zero-order chi connectivity index (χ0) is 44.5. The van der Waals surface area contributed by atoms with Crippen LogP contribution in [0.2, 0.25) is 0 Å². The van der Waals surface area contributed by atoms with Gasteiger partial charge in [0.1, 0.15) is 36.3 Å². The van der Waals surface area contributed by atoms with Gasteiger partial charge in [-0.05, 0) is 5.92 Å². The van der Waals surface area contributed by atoms with Crippen LogP contribution in [0.5, 0.6) is 0 Å². The first kappa shape index (κ1) is 50.3. The number of nitrogens with two attached hydrogens (primary N) is 1. The number of phosphoric acid groups is 3. The number of ether oxygens (including phenoxy) is 1. The smallest absolute Gasteiger partial charge is 0.481 e. The summed E-state index contributed by atoms with van der Waals surface area (Å²) in [6, 6.07) is 0. The van der Waals surface area contributed by atoms with Crippen molar-refractivity contribution in [3.8, 4) is 0 Å². The molecule has 2 aromatic heterocycles. The lowest BCUT2D eigenvalue weighted by atomic mass is 9.87. The number of aliphatic hydroxyl groups is 3. The molecule has 31 heteroatoms. The maximum absolute atomic E-state index is 12.7. The van der Waals surface area contributed by atoms with Gasteiger partial charge in [0.2, 0.25) is 11.8 Å². The van der Waals surface area contributed by atoms with Crippen LogP contribution >= 0.6 is 35.2 Å². The first-order chi connectivity index (χ1) is 27.2. The third kappa shape index (κ3) is 15.8. The van der Waals surface area contributed by atoms with Crippen molar-refractivity contribution in [1.29, 1.82) is 0 Å².